The maximum Gasteiger partial charge on any atom is 0.332 e. The molecule has 9 heteroatoms. The van der Waals surface area contributed by atoms with E-state index in [-0.39, 0.29) is 12.1 Å². The fraction of sp³-hybridized carbons (Fsp3) is 0.364. The van der Waals surface area contributed by atoms with Crippen LogP contribution in [0.4, 0.5) is 0 Å². The van der Waals surface area contributed by atoms with Crippen LogP contribution in [0.3, 0.4) is 0 Å². The monoisotopic (exact) mass is 422 g/mol. The van der Waals surface area contributed by atoms with E-state index in [1.54, 1.807) is 23.4 Å². The highest BCUT2D eigenvalue weighted by Gasteiger charge is 2.22. The number of rotatable bonds is 6. The van der Waals surface area contributed by atoms with Crippen LogP contribution >= 0.6 is 0 Å². The van der Waals surface area contributed by atoms with Gasteiger partial charge in [-0.3, -0.25) is 13.9 Å². The van der Waals surface area contributed by atoms with Crippen molar-refractivity contribution in [3.8, 4) is 5.95 Å². The molecule has 1 aromatic carbocycles. The quantitative estimate of drug-likeness (QED) is 0.472. The Morgan fingerprint density at radius 1 is 1.03 bits per heavy atom. The Kier molecular flexibility index (Phi) is 5.36. The number of fused-ring (bicyclic) bond motifs is 1. The highest BCUT2D eigenvalue weighted by atomic mass is 16.5. The van der Waals surface area contributed by atoms with Crippen molar-refractivity contribution in [1.29, 1.82) is 0 Å². The maximum atomic E-state index is 13.5. The molecule has 0 saturated carbocycles. The molecule has 3 aromatic heterocycles. The summed E-state index contributed by atoms with van der Waals surface area (Å²) >= 11 is 0. The van der Waals surface area contributed by atoms with Crippen molar-refractivity contribution in [2.45, 2.75) is 33.9 Å². The van der Waals surface area contributed by atoms with Crippen molar-refractivity contribution in [2.24, 2.45) is 7.05 Å². The van der Waals surface area contributed by atoms with Crippen LogP contribution in [-0.4, -0.2) is 42.2 Å². The van der Waals surface area contributed by atoms with Crippen LogP contribution in [0.2, 0.25) is 0 Å². The van der Waals surface area contributed by atoms with Gasteiger partial charge in [0, 0.05) is 26.4 Å². The van der Waals surface area contributed by atoms with E-state index in [4.69, 9.17) is 4.74 Å². The Morgan fingerprint density at radius 2 is 1.74 bits per heavy atom. The molecule has 0 atom stereocenters. The minimum atomic E-state index is -0.408. The highest BCUT2D eigenvalue weighted by molar-refractivity contribution is 5.72. The van der Waals surface area contributed by atoms with Crippen molar-refractivity contribution < 1.29 is 4.74 Å². The summed E-state index contributed by atoms with van der Waals surface area (Å²) in [7, 11) is 3.24. The molecule has 162 valence electrons. The summed E-state index contributed by atoms with van der Waals surface area (Å²) in [5.41, 5.74) is 3.62. The fourth-order valence-electron chi connectivity index (χ4n) is 3.76. The van der Waals surface area contributed by atoms with Crippen LogP contribution in [0, 0.1) is 20.8 Å². The molecule has 0 bridgehead atoms. The molecule has 0 aliphatic carbocycles. The first-order chi connectivity index (χ1) is 14.8. The van der Waals surface area contributed by atoms with Crippen molar-refractivity contribution >= 4 is 11.2 Å². The fourth-order valence-corrected chi connectivity index (χ4v) is 3.76. The lowest BCUT2D eigenvalue weighted by atomic mass is 10.1. The smallest absolute Gasteiger partial charge is 0.332 e. The van der Waals surface area contributed by atoms with Crippen LogP contribution in [0.1, 0.15) is 22.5 Å². The molecule has 0 amide bonds. The Morgan fingerprint density at radius 3 is 2.35 bits per heavy atom. The average molecular weight is 422 g/mol. The summed E-state index contributed by atoms with van der Waals surface area (Å²) in [5.74, 6) is 0.484. The summed E-state index contributed by atoms with van der Waals surface area (Å²) in [4.78, 5) is 31.2. The second-order valence-corrected chi connectivity index (χ2v) is 7.79. The number of aromatic nitrogens is 6. The lowest BCUT2D eigenvalue weighted by Gasteiger charge is -2.11. The van der Waals surface area contributed by atoms with E-state index in [0.717, 1.165) is 22.5 Å². The van der Waals surface area contributed by atoms with Gasteiger partial charge in [0.15, 0.2) is 11.2 Å². The predicted molar refractivity (Wildman–Crippen MR) is 118 cm³/mol. The molecule has 4 rings (SSSR count). The van der Waals surface area contributed by atoms with Gasteiger partial charge < -0.3 is 9.30 Å². The topological polar surface area (TPSA) is 88.9 Å². The molecule has 0 N–H and O–H groups in total. The molecule has 0 fully saturated rings. The third-order valence-corrected chi connectivity index (χ3v) is 5.39. The van der Waals surface area contributed by atoms with Gasteiger partial charge in [-0.1, -0.05) is 29.8 Å². The number of benzene rings is 1. The van der Waals surface area contributed by atoms with Gasteiger partial charge in [-0.05, 0) is 32.4 Å². The molecule has 0 radical (unpaired) electrons. The molecule has 0 unspecified atom stereocenters. The van der Waals surface area contributed by atoms with Gasteiger partial charge in [0.05, 0.1) is 18.8 Å². The van der Waals surface area contributed by atoms with E-state index < -0.39 is 5.69 Å². The van der Waals surface area contributed by atoms with E-state index in [2.05, 4.69) is 10.1 Å². The van der Waals surface area contributed by atoms with Crippen molar-refractivity contribution in [3.05, 3.63) is 73.7 Å². The van der Waals surface area contributed by atoms with E-state index >= 15 is 0 Å². The van der Waals surface area contributed by atoms with E-state index in [0.29, 0.717) is 30.3 Å². The SMILES string of the molecule is COCCn1c(-n2nc(C)cc2C)nc2c1c(=O)n(Cc1ccc(C)cc1)c(=O)n2C. The molecular formula is C22H26N6O3. The lowest BCUT2D eigenvalue weighted by molar-refractivity contribution is 0.188. The van der Waals surface area contributed by atoms with Gasteiger partial charge in [-0.15, -0.1) is 0 Å². The molecule has 31 heavy (non-hydrogen) atoms. The third kappa shape index (κ3) is 3.61. The van der Waals surface area contributed by atoms with Crippen molar-refractivity contribution in [1.82, 2.24) is 28.5 Å². The number of ether oxygens (including phenoxy) is 1. The number of imidazole rings is 1. The Balaban J connectivity index is 1.98. The maximum absolute atomic E-state index is 13.5. The van der Waals surface area contributed by atoms with Crippen LogP contribution in [0.5, 0.6) is 0 Å². The molecule has 9 nitrogen and oxygen atoms in total. The number of methoxy groups -OCH3 is 1. The molecule has 0 aliphatic rings. The Bertz CT molecular complexity index is 1370. The molecule has 4 aromatic rings. The molecule has 0 saturated heterocycles. The van der Waals surface area contributed by atoms with Gasteiger partial charge >= 0.3 is 5.69 Å². The second kappa shape index (κ2) is 7.99. The Hall–Kier alpha value is -3.46. The summed E-state index contributed by atoms with van der Waals surface area (Å²) in [6.45, 7) is 6.80. The van der Waals surface area contributed by atoms with Gasteiger partial charge in [-0.2, -0.15) is 10.1 Å². The minimum absolute atomic E-state index is 0.187. The van der Waals surface area contributed by atoms with Crippen LogP contribution in [0.25, 0.3) is 17.1 Å². The van der Waals surface area contributed by atoms with Crippen LogP contribution in [-0.2, 0) is 24.9 Å². The second-order valence-electron chi connectivity index (χ2n) is 7.79. The van der Waals surface area contributed by atoms with Crippen LogP contribution < -0.4 is 11.2 Å². The van der Waals surface area contributed by atoms with Gasteiger partial charge in [0.25, 0.3) is 5.56 Å². The number of nitrogens with zero attached hydrogens (tertiary/aromatic N) is 6. The zero-order valence-electron chi connectivity index (χ0n) is 18.4. The van der Waals surface area contributed by atoms with Crippen molar-refractivity contribution in [2.75, 3.05) is 13.7 Å². The standard InChI is InChI=1S/C22H26N6O3/c1-14-6-8-17(9-7-14)13-27-20(29)18-19(25(4)22(27)30)23-21(26(18)10-11-31-5)28-16(3)12-15(2)24-28/h6-9,12H,10-11,13H2,1-5H3. The highest BCUT2D eigenvalue weighted by Crippen LogP contribution is 2.17. The normalized spacial score (nSPS) is 11.5. The van der Waals surface area contributed by atoms with E-state index in [1.165, 1.54) is 9.13 Å². The molecule has 0 aliphatic heterocycles. The summed E-state index contributed by atoms with van der Waals surface area (Å²) in [6.07, 6.45) is 0. The van der Waals surface area contributed by atoms with Crippen molar-refractivity contribution in [3.63, 3.8) is 0 Å². The van der Waals surface area contributed by atoms with Gasteiger partial charge in [0.2, 0.25) is 5.95 Å². The summed E-state index contributed by atoms with van der Waals surface area (Å²) < 4.78 is 11.4. The predicted octanol–water partition coefficient (Wildman–Crippen LogP) is 1.70. The van der Waals surface area contributed by atoms with Gasteiger partial charge in [-0.25, -0.2) is 9.48 Å². The number of aryl methyl sites for hydroxylation is 4. The molecule has 3 heterocycles. The Labute approximate surface area is 179 Å². The zero-order chi connectivity index (χ0) is 22.3. The first-order valence-electron chi connectivity index (χ1n) is 10.1. The first kappa shape index (κ1) is 20.8. The van der Waals surface area contributed by atoms with E-state index in [1.807, 2.05) is 51.1 Å². The molecule has 0 spiro atoms. The molecular weight excluding hydrogens is 396 g/mol. The minimum Gasteiger partial charge on any atom is -0.383 e. The summed E-state index contributed by atoms with van der Waals surface area (Å²) in [6, 6.07) is 9.72. The largest absolute Gasteiger partial charge is 0.383 e. The van der Waals surface area contributed by atoms with E-state index in [9.17, 15) is 9.59 Å². The summed E-state index contributed by atoms with van der Waals surface area (Å²) in [5, 5.41) is 4.52. The lowest BCUT2D eigenvalue weighted by Crippen LogP contribution is -2.40. The van der Waals surface area contributed by atoms with Crippen LogP contribution in [0.15, 0.2) is 39.9 Å². The van der Waals surface area contributed by atoms with Gasteiger partial charge in [0.1, 0.15) is 0 Å². The average Bonchev–Trinajstić information content (AvgIpc) is 3.28. The first-order valence-corrected chi connectivity index (χ1v) is 10.1. The number of hydrogen-bond acceptors (Lipinski definition) is 5. The zero-order valence-corrected chi connectivity index (χ0v) is 18.4. The number of hydrogen-bond donors (Lipinski definition) is 0. The third-order valence-electron chi connectivity index (χ3n) is 5.39.